The Morgan fingerprint density at radius 2 is 1.97 bits per heavy atom. The number of benzene rings is 2. The highest BCUT2D eigenvalue weighted by molar-refractivity contribution is 8.26. The summed E-state index contributed by atoms with van der Waals surface area (Å²) in [5, 5.41) is 4.86. The lowest BCUT2D eigenvalue weighted by Crippen LogP contribution is -2.27. The van der Waals surface area contributed by atoms with E-state index in [0.717, 1.165) is 33.8 Å². The first-order valence-electron chi connectivity index (χ1n) is 9.57. The molecule has 7 heteroatoms. The molecule has 2 heterocycles. The van der Waals surface area contributed by atoms with Crippen molar-refractivity contribution in [3.05, 3.63) is 70.8 Å². The van der Waals surface area contributed by atoms with E-state index in [1.165, 1.54) is 11.8 Å². The Labute approximate surface area is 185 Å². The van der Waals surface area contributed by atoms with E-state index in [9.17, 15) is 4.79 Å². The molecule has 0 aliphatic carbocycles. The van der Waals surface area contributed by atoms with Crippen LogP contribution in [0.15, 0.2) is 59.6 Å². The molecule has 0 unspecified atom stereocenters. The summed E-state index contributed by atoms with van der Waals surface area (Å²) in [7, 11) is 1.65. The third kappa shape index (κ3) is 3.78. The monoisotopic (exact) mass is 435 g/mol. The van der Waals surface area contributed by atoms with Crippen LogP contribution in [0.5, 0.6) is 5.75 Å². The molecule has 0 spiro atoms. The molecule has 1 amide bonds. The number of hydrogen-bond acceptors (Lipinski definition) is 5. The Bertz CT molecular complexity index is 1150. The van der Waals surface area contributed by atoms with Gasteiger partial charge < -0.3 is 4.74 Å². The van der Waals surface area contributed by atoms with E-state index in [4.69, 9.17) is 22.1 Å². The number of methoxy groups -OCH3 is 1. The highest BCUT2D eigenvalue weighted by Gasteiger charge is 2.31. The van der Waals surface area contributed by atoms with Gasteiger partial charge in [0, 0.05) is 23.9 Å². The molecule has 1 aromatic heterocycles. The van der Waals surface area contributed by atoms with Gasteiger partial charge in [-0.15, -0.1) is 0 Å². The van der Waals surface area contributed by atoms with Crippen molar-refractivity contribution in [1.29, 1.82) is 0 Å². The van der Waals surface area contributed by atoms with Gasteiger partial charge in [0.05, 0.1) is 17.7 Å². The second-order valence-corrected chi connectivity index (χ2v) is 8.50. The van der Waals surface area contributed by atoms with Crippen molar-refractivity contribution in [2.75, 3.05) is 13.7 Å². The maximum Gasteiger partial charge on any atom is 0.266 e. The minimum absolute atomic E-state index is 0.0580. The van der Waals surface area contributed by atoms with Crippen LogP contribution in [0.2, 0.25) is 0 Å². The number of nitrogens with zero attached hydrogens (tertiary/aromatic N) is 3. The molecular formula is C23H21N3O2S2. The zero-order chi connectivity index (χ0) is 21.3. The minimum atomic E-state index is -0.0580. The first kappa shape index (κ1) is 20.4. The zero-order valence-electron chi connectivity index (χ0n) is 17.0. The van der Waals surface area contributed by atoms with E-state index in [2.05, 4.69) is 0 Å². The summed E-state index contributed by atoms with van der Waals surface area (Å²) < 4.78 is 7.77. The topological polar surface area (TPSA) is 47.4 Å². The fourth-order valence-corrected chi connectivity index (χ4v) is 4.73. The molecular weight excluding hydrogens is 414 g/mol. The average molecular weight is 436 g/mol. The van der Waals surface area contributed by atoms with Gasteiger partial charge in [-0.3, -0.25) is 9.69 Å². The summed E-state index contributed by atoms with van der Waals surface area (Å²) in [4.78, 5) is 15.0. The Hall–Kier alpha value is -2.90. The molecule has 0 atom stereocenters. The number of thiocarbonyl (C=S) groups is 1. The molecule has 152 valence electrons. The van der Waals surface area contributed by atoms with Crippen molar-refractivity contribution in [2.45, 2.75) is 13.8 Å². The highest BCUT2D eigenvalue weighted by atomic mass is 32.2. The Kier molecular flexibility index (Phi) is 5.74. The second kappa shape index (κ2) is 8.45. The van der Waals surface area contributed by atoms with Crippen LogP contribution in [0.4, 0.5) is 0 Å². The van der Waals surface area contributed by atoms with Crippen molar-refractivity contribution >= 4 is 40.3 Å². The van der Waals surface area contributed by atoms with Crippen LogP contribution in [0, 0.1) is 6.92 Å². The number of para-hydroxylation sites is 1. The number of amides is 1. The SMILES string of the molecule is CCN1C(=O)C(=Cc2cn(-c3ccccc3)nc2-c2ccc(OC)cc2C)SC1=S. The van der Waals surface area contributed by atoms with Gasteiger partial charge in [-0.1, -0.05) is 42.2 Å². The summed E-state index contributed by atoms with van der Waals surface area (Å²) >= 11 is 6.69. The van der Waals surface area contributed by atoms with Crippen molar-refractivity contribution < 1.29 is 9.53 Å². The van der Waals surface area contributed by atoms with Gasteiger partial charge in [-0.2, -0.15) is 5.10 Å². The molecule has 1 fully saturated rings. The molecule has 0 saturated carbocycles. The number of hydrogen-bond donors (Lipinski definition) is 0. The normalized spacial score (nSPS) is 15.3. The molecule has 2 aromatic carbocycles. The number of aromatic nitrogens is 2. The summed E-state index contributed by atoms with van der Waals surface area (Å²) in [5.41, 5.74) is 4.65. The second-order valence-electron chi connectivity index (χ2n) is 6.82. The van der Waals surface area contributed by atoms with Gasteiger partial charge >= 0.3 is 0 Å². The first-order valence-corrected chi connectivity index (χ1v) is 10.8. The quantitative estimate of drug-likeness (QED) is 0.413. The van der Waals surface area contributed by atoms with E-state index >= 15 is 0 Å². The maximum atomic E-state index is 12.7. The number of carbonyl (C=O) groups is 1. The molecule has 5 nitrogen and oxygen atoms in total. The van der Waals surface area contributed by atoms with E-state index < -0.39 is 0 Å². The summed E-state index contributed by atoms with van der Waals surface area (Å²) in [6.45, 7) is 4.52. The third-order valence-electron chi connectivity index (χ3n) is 4.93. The molecule has 0 radical (unpaired) electrons. The third-order valence-corrected chi connectivity index (χ3v) is 6.31. The number of rotatable bonds is 5. The fraction of sp³-hybridized carbons (Fsp3) is 0.174. The predicted molar refractivity (Wildman–Crippen MR) is 126 cm³/mol. The van der Waals surface area contributed by atoms with E-state index in [-0.39, 0.29) is 5.91 Å². The molecule has 30 heavy (non-hydrogen) atoms. The maximum absolute atomic E-state index is 12.7. The summed E-state index contributed by atoms with van der Waals surface area (Å²) in [6.07, 6.45) is 3.84. The lowest BCUT2D eigenvalue weighted by atomic mass is 10.0. The van der Waals surface area contributed by atoms with Crippen molar-refractivity contribution in [2.24, 2.45) is 0 Å². The van der Waals surface area contributed by atoms with Crippen LogP contribution in [-0.2, 0) is 4.79 Å². The zero-order valence-corrected chi connectivity index (χ0v) is 18.6. The number of aryl methyl sites for hydroxylation is 1. The molecule has 1 saturated heterocycles. The summed E-state index contributed by atoms with van der Waals surface area (Å²) in [6, 6.07) is 15.8. The van der Waals surface area contributed by atoms with Crippen molar-refractivity contribution in [3.63, 3.8) is 0 Å². The van der Waals surface area contributed by atoms with Gasteiger partial charge in [0.2, 0.25) is 0 Å². The smallest absolute Gasteiger partial charge is 0.266 e. The van der Waals surface area contributed by atoms with Gasteiger partial charge in [-0.25, -0.2) is 4.68 Å². The number of carbonyl (C=O) groups excluding carboxylic acids is 1. The van der Waals surface area contributed by atoms with E-state index in [1.807, 2.05) is 79.3 Å². The lowest BCUT2D eigenvalue weighted by Gasteiger charge is -2.09. The Balaban J connectivity index is 1.85. The van der Waals surface area contributed by atoms with Crippen LogP contribution in [0.25, 0.3) is 23.0 Å². The van der Waals surface area contributed by atoms with Gasteiger partial charge in [-0.05, 0) is 55.8 Å². The van der Waals surface area contributed by atoms with Crippen LogP contribution >= 0.6 is 24.0 Å². The highest BCUT2D eigenvalue weighted by Crippen LogP contribution is 2.35. The van der Waals surface area contributed by atoms with Gasteiger partial charge in [0.15, 0.2) is 0 Å². The standard InChI is InChI=1S/C23H21N3O2S2/c1-4-25-22(27)20(30-23(25)29)13-16-14-26(17-8-6-5-7-9-17)24-21(16)19-11-10-18(28-3)12-15(19)2/h5-14H,4H2,1-3H3. The lowest BCUT2D eigenvalue weighted by molar-refractivity contribution is -0.121. The van der Waals surface area contributed by atoms with Gasteiger partial charge in [0.25, 0.3) is 5.91 Å². The number of ether oxygens (including phenoxy) is 1. The van der Waals surface area contributed by atoms with Crippen LogP contribution in [0.3, 0.4) is 0 Å². The molecule has 1 aliphatic rings. The van der Waals surface area contributed by atoms with Crippen molar-refractivity contribution in [3.8, 4) is 22.7 Å². The molecule has 0 bridgehead atoms. The van der Waals surface area contributed by atoms with E-state index in [0.29, 0.717) is 15.8 Å². The van der Waals surface area contributed by atoms with Crippen molar-refractivity contribution in [1.82, 2.24) is 14.7 Å². The average Bonchev–Trinajstić information content (AvgIpc) is 3.29. The fourth-order valence-electron chi connectivity index (χ4n) is 3.36. The number of thioether (sulfide) groups is 1. The summed E-state index contributed by atoms with van der Waals surface area (Å²) in [5.74, 6) is 0.737. The Morgan fingerprint density at radius 1 is 1.20 bits per heavy atom. The van der Waals surface area contributed by atoms with Crippen LogP contribution < -0.4 is 4.74 Å². The predicted octanol–water partition coefficient (Wildman–Crippen LogP) is 5.08. The van der Waals surface area contributed by atoms with Crippen LogP contribution in [0.1, 0.15) is 18.1 Å². The number of likely N-dealkylation sites (N-methyl/N-ethyl adjacent to an activating group) is 1. The Morgan fingerprint density at radius 3 is 2.60 bits per heavy atom. The first-order chi connectivity index (χ1) is 14.5. The van der Waals surface area contributed by atoms with Gasteiger partial charge in [0.1, 0.15) is 15.8 Å². The van der Waals surface area contributed by atoms with E-state index in [1.54, 1.807) is 12.0 Å². The molecule has 3 aromatic rings. The van der Waals surface area contributed by atoms with Crippen LogP contribution in [-0.4, -0.2) is 38.6 Å². The molecule has 4 rings (SSSR count). The molecule has 0 N–H and O–H groups in total. The minimum Gasteiger partial charge on any atom is -0.497 e. The largest absolute Gasteiger partial charge is 0.497 e. The molecule has 1 aliphatic heterocycles.